The number of hydrazone groups is 1. The molecule has 0 saturated heterocycles. The van der Waals surface area contributed by atoms with Gasteiger partial charge in [-0.15, -0.1) is 11.8 Å². The molecule has 1 N–H and O–H groups in total. The highest BCUT2D eigenvalue weighted by molar-refractivity contribution is 8.12. The van der Waals surface area contributed by atoms with Gasteiger partial charge in [-0.1, -0.05) is 0 Å². The van der Waals surface area contributed by atoms with Crippen LogP contribution in [0.15, 0.2) is 5.10 Å². The van der Waals surface area contributed by atoms with Gasteiger partial charge in [0, 0.05) is 12.3 Å². The third-order valence-corrected chi connectivity index (χ3v) is 1.93. The first-order chi connectivity index (χ1) is 5.56. The molecule has 0 aromatic rings. The third-order valence-electron chi connectivity index (χ3n) is 1.26. The van der Waals surface area contributed by atoms with Gasteiger partial charge in [-0.3, -0.25) is 0 Å². The van der Waals surface area contributed by atoms with Gasteiger partial charge in [0.2, 0.25) is 0 Å². The minimum atomic E-state index is 0.895. The third kappa shape index (κ3) is 9.78. The molecule has 0 saturated carbocycles. The number of nitrogens with zero attached hydrogens (tertiary/aromatic N) is 2. The summed E-state index contributed by atoms with van der Waals surface area (Å²) in [7, 11) is 6.59. The Bertz CT molecular complexity index is 129. The summed E-state index contributed by atoms with van der Waals surface area (Å²) < 4.78 is 1.02. The molecule has 4 heteroatoms. The molecule has 0 spiro atoms. The topological polar surface area (TPSA) is 24.4 Å². The van der Waals surface area contributed by atoms with E-state index < -0.39 is 0 Å². The predicted octanol–water partition coefficient (Wildman–Crippen LogP) is 0.979. The molecule has 0 atom stereocenters. The summed E-state index contributed by atoms with van der Waals surface area (Å²) in [6.45, 7) is 4.10. The smallest absolute Gasteiger partial charge is 0.0876 e. The van der Waals surface area contributed by atoms with Crippen molar-refractivity contribution >= 4 is 17.3 Å². The second-order valence-electron chi connectivity index (χ2n) is 3.63. The highest BCUT2D eigenvalue weighted by Crippen LogP contribution is 1.98. The van der Waals surface area contributed by atoms with Crippen LogP contribution in [0.25, 0.3) is 0 Å². The van der Waals surface area contributed by atoms with E-state index in [-0.39, 0.29) is 0 Å². The number of quaternary nitrogens is 1. The summed E-state index contributed by atoms with van der Waals surface area (Å²) in [5, 5.41) is 3.99. The maximum absolute atomic E-state index is 3.99. The van der Waals surface area contributed by atoms with E-state index in [0.717, 1.165) is 16.8 Å². The monoisotopic (exact) mass is 190 g/mol. The van der Waals surface area contributed by atoms with Gasteiger partial charge in [0.25, 0.3) is 0 Å². The Kier molecular flexibility index (Phi) is 6.20. The first-order valence-corrected chi connectivity index (χ1v) is 5.27. The fourth-order valence-electron chi connectivity index (χ4n) is 0.545. The number of nitrogens with one attached hydrogen (secondary N) is 1. The van der Waals surface area contributed by atoms with Crippen LogP contribution in [0.1, 0.15) is 6.92 Å². The summed E-state index contributed by atoms with van der Waals surface area (Å²) in [6, 6.07) is 0. The van der Waals surface area contributed by atoms with E-state index in [1.54, 1.807) is 11.8 Å². The molecule has 0 heterocycles. The van der Waals surface area contributed by atoms with E-state index in [0.29, 0.717) is 0 Å². The Hall–Kier alpha value is -0.220. The van der Waals surface area contributed by atoms with Gasteiger partial charge in [0.15, 0.2) is 0 Å². The summed E-state index contributed by atoms with van der Waals surface area (Å²) in [5.41, 5.74) is 4.76. The Morgan fingerprint density at radius 3 is 2.58 bits per heavy atom. The van der Waals surface area contributed by atoms with Gasteiger partial charge in [-0.2, -0.15) is 5.10 Å². The molecule has 0 amide bonds. The molecule has 0 aromatic carbocycles. The first kappa shape index (κ1) is 11.8. The minimum absolute atomic E-state index is 0.895. The van der Waals surface area contributed by atoms with Gasteiger partial charge in [0.05, 0.1) is 33.2 Å². The molecule has 0 rings (SSSR count). The Morgan fingerprint density at radius 1 is 1.42 bits per heavy atom. The average molecular weight is 190 g/mol. The highest BCUT2D eigenvalue weighted by atomic mass is 32.2. The van der Waals surface area contributed by atoms with Crippen LogP contribution in [-0.4, -0.2) is 50.0 Å². The van der Waals surface area contributed by atoms with Crippen LogP contribution in [0.4, 0.5) is 0 Å². The molecule has 0 aliphatic heterocycles. The number of rotatable bonds is 6. The Balaban J connectivity index is 3.21. The van der Waals surface area contributed by atoms with Crippen LogP contribution in [0, 0.1) is 0 Å². The molecule has 3 nitrogen and oxygen atoms in total. The maximum atomic E-state index is 3.99. The van der Waals surface area contributed by atoms with Crippen LogP contribution >= 0.6 is 11.8 Å². The summed E-state index contributed by atoms with van der Waals surface area (Å²) >= 11 is 1.75. The molecule has 0 radical (unpaired) electrons. The van der Waals surface area contributed by atoms with E-state index in [9.17, 15) is 0 Å². The van der Waals surface area contributed by atoms with Crippen molar-refractivity contribution in [2.24, 2.45) is 5.10 Å². The van der Waals surface area contributed by atoms with Crippen LogP contribution in [0.2, 0.25) is 0 Å². The summed E-state index contributed by atoms with van der Waals surface area (Å²) in [5.74, 6) is 1.12. The van der Waals surface area contributed by atoms with Gasteiger partial charge >= 0.3 is 0 Å². The fourth-order valence-corrected chi connectivity index (χ4v) is 1.45. The standard InChI is InChI=1S/C8H20N3S/c1-5-9-10-8-12-7-6-11(2,3)4/h8-9H,5-7H2,1-4H3/q+1/b10-8+. The number of hydrogen-bond acceptors (Lipinski definition) is 3. The van der Waals surface area contributed by atoms with E-state index in [1.807, 2.05) is 12.5 Å². The van der Waals surface area contributed by atoms with Crippen LogP contribution in [-0.2, 0) is 0 Å². The van der Waals surface area contributed by atoms with Crippen LogP contribution in [0.3, 0.4) is 0 Å². The summed E-state index contributed by atoms with van der Waals surface area (Å²) in [6.07, 6.45) is 0. The second kappa shape index (κ2) is 6.31. The summed E-state index contributed by atoms with van der Waals surface area (Å²) in [4.78, 5) is 0. The van der Waals surface area contributed by atoms with E-state index >= 15 is 0 Å². The van der Waals surface area contributed by atoms with E-state index in [4.69, 9.17) is 0 Å². The van der Waals surface area contributed by atoms with Crippen LogP contribution < -0.4 is 5.43 Å². The minimum Gasteiger partial charge on any atom is -0.330 e. The van der Waals surface area contributed by atoms with E-state index in [2.05, 4.69) is 31.7 Å². The lowest BCUT2D eigenvalue weighted by molar-refractivity contribution is -0.867. The zero-order valence-electron chi connectivity index (χ0n) is 8.50. The Labute approximate surface area is 79.8 Å². The molecule has 0 aromatic heterocycles. The van der Waals surface area contributed by atoms with Gasteiger partial charge in [0.1, 0.15) is 0 Å². The van der Waals surface area contributed by atoms with Crippen molar-refractivity contribution < 1.29 is 4.48 Å². The van der Waals surface area contributed by atoms with Crippen LogP contribution in [0.5, 0.6) is 0 Å². The molecule has 72 valence electrons. The van der Waals surface area contributed by atoms with Crippen molar-refractivity contribution in [1.82, 2.24) is 5.43 Å². The van der Waals surface area contributed by atoms with E-state index in [1.165, 1.54) is 6.54 Å². The largest absolute Gasteiger partial charge is 0.330 e. The molecular formula is C8H20N3S+. The molecule has 0 fully saturated rings. The second-order valence-corrected chi connectivity index (χ2v) is 4.58. The van der Waals surface area contributed by atoms with Gasteiger partial charge in [-0.25, -0.2) is 0 Å². The number of hydrogen-bond donors (Lipinski definition) is 1. The zero-order chi connectivity index (χ0) is 9.45. The SMILES string of the molecule is CCN/N=C/SCC[N+](C)(C)C. The lowest BCUT2D eigenvalue weighted by Gasteiger charge is -2.22. The predicted molar refractivity (Wildman–Crippen MR) is 57.5 cm³/mol. The van der Waals surface area contributed by atoms with Crippen molar-refractivity contribution in [3.05, 3.63) is 0 Å². The fraction of sp³-hybridized carbons (Fsp3) is 0.875. The quantitative estimate of drug-likeness (QED) is 0.222. The molecular weight excluding hydrogens is 170 g/mol. The molecule has 12 heavy (non-hydrogen) atoms. The highest BCUT2D eigenvalue weighted by Gasteiger charge is 2.04. The van der Waals surface area contributed by atoms with Crippen molar-refractivity contribution in [2.75, 3.05) is 40.0 Å². The number of thioether (sulfide) groups is 1. The van der Waals surface area contributed by atoms with Crippen molar-refractivity contribution in [2.45, 2.75) is 6.92 Å². The van der Waals surface area contributed by atoms with Crippen molar-refractivity contribution in [3.8, 4) is 0 Å². The van der Waals surface area contributed by atoms with Gasteiger partial charge in [-0.05, 0) is 6.92 Å². The molecule has 0 unspecified atom stereocenters. The maximum Gasteiger partial charge on any atom is 0.0876 e. The molecule has 0 aliphatic carbocycles. The average Bonchev–Trinajstić information content (AvgIpc) is 1.94. The normalized spacial score (nSPS) is 12.3. The first-order valence-electron chi connectivity index (χ1n) is 4.22. The van der Waals surface area contributed by atoms with Crippen molar-refractivity contribution in [3.63, 3.8) is 0 Å². The Morgan fingerprint density at radius 2 is 2.08 bits per heavy atom. The molecule has 0 aliphatic rings. The van der Waals surface area contributed by atoms with Gasteiger partial charge < -0.3 is 9.91 Å². The lowest BCUT2D eigenvalue weighted by Crippen LogP contribution is -2.36. The lowest BCUT2D eigenvalue weighted by atomic mass is 10.6. The van der Waals surface area contributed by atoms with Crippen molar-refractivity contribution in [1.29, 1.82) is 0 Å². The molecule has 0 bridgehead atoms. The zero-order valence-corrected chi connectivity index (χ0v) is 9.32.